The number of carboxylic acid groups (broad SMARTS) is 1. The Morgan fingerprint density at radius 1 is 1.25 bits per heavy atom. The highest BCUT2D eigenvalue weighted by atomic mass is 16.6. The molecule has 0 radical (unpaired) electrons. The van der Waals surface area contributed by atoms with Gasteiger partial charge in [-0.25, -0.2) is 4.79 Å². The zero-order valence-electron chi connectivity index (χ0n) is 12.3. The maximum Gasteiger partial charge on any atom is 0.414 e. The number of nitrogens with zero attached hydrogens (tertiary/aromatic N) is 1. The molecule has 0 aliphatic rings. The quantitative estimate of drug-likeness (QED) is 0.919. The molecule has 0 unspecified atom stereocenters. The number of aliphatic carboxylic acids is 1. The first-order valence-electron chi connectivity index (χ1n) is 6.48. The van der Waals surface area contributed by atoms with E-state index < -0.39 is 17.7 Å². The number of anilines is 1. The van der Waals surface area contributed by atoms with Gasteiger partial charge in [0.2, 0.25) is 0 Å². The van der Waals surface area contributed by atoms with Crippen LogP contribution in [-0.4, -0.2) is 29.3 Å². The summed E-state index contributed by atoms with van der Waals surface area (Å²) in [5, 5.41) is 8.81. The van der Waals surface area contributed by atoms with Crippen molar-refractivity contribution in [1.82, 2.24) is 0 Å². The number of carbonyl (C=O) groups is 2. The highest BCUT2D eigenvalue weighted by Gasteiger charge is 2.24. The Labute approximate surface area is 119 Å². The van der Waals surface area contributed by atoms with E-state index in [1.165, 1.54) is 4.90 Å². The Hall–Kier alpha value is -2.04. The molecule has 0 bridgehead atoms. The van der Waals surface area contributed by atoms with E-state index >= 15 is 0 Å². The largest absolute Gasteiger partial charge is 0.481 e. The lowest BCUT2D eigenvalue weighted by atomic mass is 10.1. The third-order valence-corrected chi connectivity index (χ3v) is 2.57. The zero-order valence-corrected chi connectivity index (χ0v) is 12.3. The SMILES string of the molecule is Cc1ccccc1N(CCC(=O)O)C(=O)OC(C)(C)C. The third kappa shape index (κ3) is 4.91. The molecule has 0 atom stereocenters. The molecule has 1 aromatic rings. The van der Waals surface area contributed by atoms with Gasteiger partial charge in [-0.2, -0.15) is 0 Å². The minimum absolute atomic E-state index is 0.0785. The number of benzene rings is 1. The lowest BCUT2D eigenvalue weighted by molar-refractivity contribution is -0.136. The number of rotatable bonds is 4. The van der Waals surface area contributed by atoms with E-state index in [-0.39, 0.29) is 13.0 Å². The number of carbonyl (C=O) groups excluding carboxylic acids is 1. The first-order chi connectivity index (χ1) is 9.20. The maximum atomic E-state index is 12.2. The van der Waals surface area contributed by atoms with Crippen molar-refractivity contribution < 1.29 is 19.4 Å². The van der Waals surface area contributed by atoms with Crippen molar-refractivity contribution in [2.45, 2.75) is 39.7 Å². The predicted octanol–water partition coefficient (Wildman–Crippen LogP) is 3.21. The summed E-state index contributed by atoms with van der Waals surface area (Å²) in [4.78, 5) is 24.4. The molecule has 1 aromatic carbocycles. The Balaban J connectivity index is 2.99. The second kappa shape index (κ2) is 6.41. The van der Waals surface area contributed by atoms with Gasteiger partial charge in [0.15, 0.2) is 0 Å². The Bertz CT molecular complexity index is 491. The highest BCUT2D eigenvalue weighted by Crippen LogP contribution is 2.22. The lowest BCUT2D eigenvalue weighted by Gasteiger charge is -2.28. The summed E-state index contributed by atoms with van der Waals surface area (Å²) in [6.45, 7) is 7.27. The van der Waals surface area contributed by atoms with Crippen molar-refractivity contribution in [3.05, 3.63) is 29.8 Å². The van der Waals surface area contributed by atoms with E-state index in [9.17, 15) is 9.59 Å². The number of aryl methyl sites for hydroxylation is 1. The van der Waals surface area contributed by atoms with Crippen LogP contribution in [0, 0.1) is 6.92 Å². The molecule has 5 nitrogen and oxygen atoms in total. The van der Waals surface area contributed by atoms with E-state index in [1.54, 1.807) is 32.9 Å². The molecule has 0 aliphatic carbocycles. The second-order valence-electron chi connectivity index (χ2n) is 5.56. The van der Waals surface area contributed by atoms with Gasteiger partial charge in [0.25, 0.3) is 0 Å². The molecular formula is C15H21NO4. The molecule has 0 spiro atoms. The molecule has 20 heavy (non-hydrogen) atoms. The summed E-state index contributed by atoms with van der Waals surface area (Å²) in [6, 6.07) is 7.32. The first kappa shape index (κ1) is 16.0. The van der Waals surface area contributed by atoms with Crippen molar-refractivity contribution in [3.63, 3.8) is 0 Å². The Morgan fingerprint density at radius 2 is 1.85 bits per heavy atom. The molecule has 0 aromatic heterocycles. The lowest BCUT2D eigenvalue weighted by Crippen LogP contribution is -2.38. The summed E-state index contributed by atoms with van der Waals surface area (Å²) >= 11 is 0. The minimum Gasteiger partial charge on any atom is -0.481 e. The van der Waals surface area contributed by atoms with Gasteiger partial charge < -0.3 is 9.84 Å². The fraction of sp³-hybridized carbons (Fsp3) is 0.467. The van der Waals surface area contributed by atoms with Crippen LogP contribution in [0.5, 0.6) is 0 Å². The number of hydrogen-bond donors (Lipinski definition) is 1. The van der Waals surface area contributed by atoms with Crippen LogP contribution in [0.25, 0.3) is 0 Å². The maximum absolute atomic E-state index is 12.2. The monoisotopic (exact) mass is 279 g/mol. The fourth-order valence-corrected chi connectivity index (χ4v) is 1.70. The van der Waals surface area contributed by atoms with Gasteiger partial charge in [-0.05, 0) is 39.3 Å². The van der Waals surface area contributed by atoms with E-state index in [1.807, 2.05) is 19.1 Å². The number of carboxylic acids is 1. The highest BCUT2D eigenvalue weighted by molar-refractivity contribution is 5.89. The Kier molecular flexibility index (Phi) is 5.13. The van der Waals surface area contributed by atoms with Crippen molar-refractivity contribution in [2.75, 3.05) is 11.4 Å². The van der Waals surface area contributed by atoms with Crippen molar-refractivity contribution in [3.8, 4) is 0 Å². The number of hydrogen-bond acceptors (Lipinski definition) is 3. The average Bonchev–Trinajstić information content (AvgIpc) is 2.28. The predicted molar refractivity (Wildman–Crippen MR) is 77.0 cm³/mol. The van der Waals surface area contributed by atoms with Crippen LogP contribution in [0.3, 0.4) is 0 Å². The van der Waals surface area contributed by atoms with Crippen LogP contribution in [0.2, 0.25) is 0 Å². The van der Waals surface area contributed by atoms with Crippen LogP contribution in [0.1, 0.15) is 32.8 Å². The number of amides is 1. The smallest absolute Gasteiger partial charge is 0.414 e. The van der Waals surface area contributed by atoms with Crippen LogP contribution in [0.4, 0.5) is 10.5 Å². The molecular weight excluding hydrogens is 258 g/mol. The van der Waals surface area contributed by atoms with Gasteiger partial charge in [-0.3, -0.25) is 9.69 Å². The zero-order chi connectivity index (χ0) is 15.3. The number of ether oxygens (including phenoxy) is 1. The summed E-state index contributed by atoms with van der Waals surface area (Å²) in [7, 11) is 0. The summed E-state index contributed by atoms with van der Waals surface area (Å²) in [6.07, 6.45) is -0.666. The fourth-order valence-electron chi connectivity index (χ4n) is 1.70. The number of para-hydroxylation sites is 1. The van der Waals surface area contributed by atoms with Crippen LogP contribution >= 0.6 is 0 Å². The van der Waals surface area contributed by atoms with Crippen LogP contribution in [-0.2, 0) is 9.53 Å². The molecule has 0 saturated heterocycles. The average molecular weight is 279 g/mol. The van der Waals surface area contributed by atoms with E-state index in [2.05, 4.69) is 0 Å². The van der Waals surface area contributed by atoms with Gasteiger partial charge >= 0.3 is 12.1 Å². The molecule has 0 heterocycles. The molecule has 1 amide bonds. The van der Waals surface area contributed by atoms with Gasteiger partial charge in [0.1, 0.15) is 5.60 Å². The van der Waals surface area contributed by atoms with Gasteiger partial charge in [0, 0.05) is 12.2 Å². The standard InChI is InChI=1S/C15H21NO4/c1-11-7-5-6-8-12(11)16(10-9-13(17)18)14(19)20-15(2,3)4/h5-8H,9-10H2,1-4H3,(H,17,18). The topological polar surface area (TPSA) is 66.8 Å². The van der Waals surface area contributed by atoms with Crippen molar-refractivity contribution in [1.29, 1.82) is 0 Å². The summed E-state index contributed by atoms with van der Waals surface area (Å²) < 4.78 is 5.34. The molecule has 1 N–H and O–H groups in total. The van der Waals surface area contributed by atoms with Crippen molar-refractivity contribution in [2.24, 2.45) is 0 Å². The minimum atomic E-state index is -0.952. The third-order valence-electron chi connectivity index (χ3n) is 2.57. The molecule has 110 valence electrons. The van der Waals surface area contributed by atoms with Crippen LogP contribution in [0.15, 0.2) is 24.3 Å². The normalized spacial score (nSPS) is 11.0. The van der Waals surface area contributed by atoms with Gasteiger partial charge in [0.05, 0.1) is 6.42 Å². The molecule has 0 saturated carbocycles. The van der Waals surface area contributed by atoms with Gasteiger partial charge in [-0.15, -0.1) is 0 Å². The van der Waals surface area contributed by atoms with E-state index in [0.717, 1.165) is 5.56 Å². The molecule has 0 aliphatic heterocycles. The van der Waals surface area contributed by atoms with E-state index in [0.29, 0.717) is 5.69 Å². The molecule has 0 fully saturated rings. The Morgan fingerprint density at radius 3 is 2.35 bits per heavy atom. The van der Waals surface area contributed by atoms with Crippen LogP contribution < -0.4 is 4.90 Å². The molecule has 1 rings (SSSR count). The summed E-state index contributed by atoms with van der Waals surface area (Å²) in [5.41, 5.74) is 0.938. The molecule has 5 heteroatoms. The van der Waals surface area contributed by atoms with Crippen molar-refractivity contribution >= 4 is 17.7 Å². The first-order valence-corrected chi connectivity index (χ1v) is 6.48. The summed E-state index contributed by atoms with van der Waals surface area (Å²) in [5.74, 6) is -0.952. The second-order valence-corrected chi connectivity index (χ2v) is 5.56. The van der Waals surface area contributed by atoms with Gasteiger partial charge in [-0.1, -0.05) is 18.2 Å². The van der Waals surface area contributed by atoms with E-state index in [4.69, 9.17) is 9.84 Å².